The van der Waals surface area contributed by atoms with Crippen LogP contribution >= 0.6 is 0 Å². The summed E-state index contributed by atoms with van der Waals surface area (Å²) < 4.78 is 5.60. The number of rotatable bonds is 4. The number of nitrogens with two attached hydrogens (primary N) is 1. The van der Waals surface area contributed by atoms with Crippen molar-refractivity contribution in [2.24, 2.45) is 5.73 Å². The summed E-state index contributed by atoms with van der Waals surface area (Å²) in [6.45, 7) is -0.0650. The molecule has 0 spiro atoms. The van der Waals surface area contributed by atoms with Crippen molar-refractivity contribution >= 4 is 0 Å². The van der Waals surface area contributed by atoms with Gasteiger partial charge in [0, 0.05) is 12.3 Å². The van der Waals surface area contributed by atoms with E-state index in [1.165, 1.54) is 6.42 Å². The highest BCUT2D eigenvalue weighted by Crippen LogP contribution is 2.24. The minimum atomic E-state index is -0.352. The highest BCUT2D eigenvalue weighted by Gasteiger charge is 2.19. The fourth-order valence-corrected chi connectivity index (χ4v) is 1.45. The van der Waals surface area contributed by atoms with Gasteiger partial charge in [0.1, 0.15) is 6.10 Å². The second kappa shape index (κ2) is 4.59. The smallest absolute Gasteiger partial charge is 0.213 e. The van der Waals surface area contributed by atoms with E-state index in [4.69, 9.17) is 15.6 Å². The van der Waals surface area contributed by atoms with Crippen LogP contribution in [0.2, 0.25) is 0 Å². The first-order chi connectivity index (χ1) is 7.29. The van der Waals surface area contributed by atoms with Crippen molar-refractivity contribution in [1.82, 2.24) is 4.98 Å². The van der Waals surface area contributed by atoms with Crippen LogP contribution in [0.15, 0.2) is 18.3 Å². The van der Waals surface area contributed by atoms with Crippen LogP contribution in [-0.4, -0.2) is 22.8 Å². The van der Waals surface area contributed by atoms with Crippen molar-refractivity contribution in [3.05, 3.63) is 23.9 Å². The van der Waals surface area contributed by atoms with Crippen LogP contribution in [0.25, 0.3) is 0 Å². The standard InChI is InChI=1S/C11H16N2O2/c12-10(7-14)8-4-5-11(13-6-8)15-9-2-1-3-9/h4-6,9-10,14H,1-3,7,12H2. The zero-order chi connectivity index (χ0) is 10.7. The lowest BCUT2D eigenvalue weighted by Crippen LogP contribution is -2.25. The van der Waals surface area contributed by atoms with Gasteiger partial charge >= 0.3 is 0 Å². The van der Waals surface area contributed by atoms with E-state index in [-0.39, 0.29) is 12.6 Å². The van der Waals surface area contributed by atoms with E-state index in [1.807, 2.05) is 12.1 Å². The van der Waals surface area contributed by atoms with Crippen molar-refractivity contribution in [2.75, 3.05) is 6.61 Å². The number of pyridine rings is 1. The molecule has 0 bridgehead atoms. The molecule has 4 heteroatoms. The van der Waals surface area contributed by atoms with Crippen LogP contribution < -0.4 is 10.5 Å². The number of aliphatic hydroxyl groups excluding tert-OH is 1. The zero-order valence-corrected chi connectivity index (χ0v) is 8.60. The molecule has 82 valence electrons. The maximum atomic E-state index is 8.87. The van der Waals surface area contributed by atoms with Gasteiger partial charge in [0.05, 0.1) is 12.6 Å². The number of nitrogens with zero attached hydrogens (tertiary/aromatic N) is 1. The van der Waals surface area contributed by atoms with Gasteiger partial charge in [-0.15, -0.1) is 0 Å². The lowest BCUT2D eigenvalue weighted by atomic mass is 9.96. The molecule has 1 aromatic rings. The molecule has 0 aliphatic heterocycles. The Morgan fingerprint density at radius 1 is 1.53 bits per heavy atom. The molecule has 0 radical (unpaired) electrons. The highest BCUT2D eigenvalue weighted by atomic mass is 16.5. The number of aliphatic hydroxyl groups is 1. The van der Waals surface area contributed by atoms with E-state index in [1.54, 1.807) is 6.20 Å². The summed E-state index contributed by atoms with van der Waals surface area (Å²) in [7, 11) is 0. The summed E-state index contributed by atoms with van der Waals surface area (Å²) in [6.07, 6.45) is 5.50. The van der Waals surface area contributed by atoms with Crippen LogP contribution in [0.5, 0.6) is 5.88 Å². The molecule has 15 heavy (non-hydrogen) atoms. The lowest BCUT2D eigenvalue weighted by Gasteiger charge is -2.25. The third kappa shape index (κ3) is 2.46. The highest BCUT2D eigenvalue weighted by molar-refractivity contribution is 5.20. The topological polar surface area (TPSA) is 68.4 Å². The first-order valence-electron chi connectivity index (χ1n) is 5.28. The minimum absolute atomic E-state index is 0.0650. The molecule has 0 aromatic carbocycles. The molecule has 1 unspecified atom stereocenters. The van der Waals surface area contributed by atoms with Crippen LogP contribution in [0.3, 0.4) is 0 Å². The van der Waals surface area contributed by atoms with E-state index < -0.39 is 0 Å². The summed E-state index contributed by atoms with van der Waals surface area (Å²) in [4.78, 5) is 4.16. The monoisotopic (exact) mass is 208 g/mol. The van der Waals surface area contributed by atoms with Crippen LogP contribution in [0, 0.1) is 0 Å². The lowest BCUT2D eigenvalue weighted by molar-refractivity contribution is 0.114. The Bertz CT molecular complexity index is 309. The maximum absolute atomic E-state index is 8.87. The third-order valence-corrected chi connectivity index (χ3v) is 2.72. The molecule has 1 aliphatic rings. The molecule has 1 fully saturated rings. The molecule has 0 amide bonds. The minimum Gasteiger partial charge on any atom is -0.474 e. The van der Waals surface area contributed by atoms with E-state index >= 15 is 0 Å². The second-order valence-electron chi connectivity index (χ2n) is 3.89. The normalized spacial score (nSPS) is 18.3. The zero-order valence-electron chi connectivity index (χ0n) is 8.60. The number of hydrogen-bond acceptors (Lipinski definition) is 4. The van der Waals surface area contributed by atoms with Gasteiger partial charge in [0.15, 0.2) is 0 Å². The molecule has 0 saturated heterocycles. The van der Waals surface area contributed by atoms with Crippen molar-refractivity contribution < 1.29 is 9.84 Å². The Kier molecular flexibility index (Phi) is 3.18. The maximum Gasteiger partial charge on any atom is 0.213 e. The van der Waals surface area contributed by atoms with E-state index in [9.17, 15) is 0 Å². The summed E-state index contributed by atoms with van der Waals surface area (Å²) in [6, 6.07) is 3.31. The molecule has 1 aliphatic carbocycles. The largest absolute Gasteiger partial charge is 0.474 e. The van der Waals surface area contributed by atoms with Crippen molar-refractivity contribution in [3.63, 3.8) is 0 Å². The van der Waals surface area contributed by atoms with Gasteiger partial charge < -0.3 is 15.6 Å². The summed E-state index contributed by atoms with van der Waals surface area (Å²) in [5.74, 6) is 0.647. The molecule has 1 saturated carbocycles. The third-order valence-electron chi connectivity index (χ3n) is 2.72. The quantitative estimate of drug-likeness (QED) is 0.774. The van der Waals surface area contributed by atoms with Gasteiger partial charge in [-0.25, -0.2) is 4.98 Å². The van der Waals surface area contributed by atoms with E-state index in [0.717, 1.165) is 18.4 Å². The Balaban J connectivity index is 1.96. The van der Waals surface area contributed by atoms with Crippen molar-refractivity contribution in [2.45, 2.75) is 31.4 Å². The van der Waals surface area contributed by atoms with Gasteiger partial charge in [0.2, 0.25) is 5.88 Å². The predicted octanol–water partition coefficient (Wildman–Crippen LogP) is 1.00. The van der Waals surface area contributed by atoms with Crippen LogP contribution in [0.4, 0.5) is 0 Å². The Labute approximate surface area is 89.1 Å². The van der Waals surface area contributed by atoms with Crippen molar-refractivity contribution in [1.29, 1.82) is 0 Å². The summed E-state index contributed by atoms with van der Waals surface area (Å²) >= 11 is 0. The Morgan fingerprint density at radius 3 is 2.80 bits per heavy atom. The fraction of sp³-hybridized carbons (Fsp3) is 0.545. The average molecular weight is 208 g/mol. The molecule has 3 N–H and O–H groups in total. The average Bonchev–Trinajstić information content (AvgIpc) is 2.23. The van der Waals surface area contributed by atoms with Gasteiger partial charge in [-0.05, 0) is 24.8 Å². The summed E-state index contributed by atoms with van der Waals surface area (Å²) in [5.41, 5.74) is 6.48. The van der Waals surface area contributed by atoms with Crippen molar-refractivity contribution in [3.8, 4) is 5.88 Å². The Hall–Kier alpha value is -1.13. The Morgan fingerprint density at radius 2 is 2.33 bits per heavy atom. The van der Waals surface area contributed by atoms with Gasteiger partial charge in [-0.1, -0.05) is 6.07 Å². The van der Waals surface area contributed by atoms with Crippen LogP contribution in [0.1, 0.15) is 30.9 Å². The number of ether oxygens (including phenoxy) is 1. The first kappa shape index (κ1) is 10.4. The molecule has 1 atom stereocenters. The predicted molar refractivity (Wildman–Crippen MR) is 56.5 cm³/mol. The molecule has 1 heterocycles. The van der Waals surface area contributed by atoms with Gasteiger partial charge in [-0.2, -0.15) is 0 Å². The van der Waals surface area contributed by atoms with E-state index in [2.05, 4.69) is 4.98 Å². The molecule has 4 nitrogen and oxygen atoms in total. The molecular weight excluding hydrogens is 192 g/mol. The van der Waals surface area contributed by atoms with Crippen LogP contribution in [-0.2, 0) is 0 Å². The molecular formula is C11H16N2O2. The SMILES string of the molecule is NC(CO)c1ccc(OC2CCC2)nc1. The second-order valence-corrected chi connectivity index (χ2v) is 3.89. The summed E-state index contributed by atoms with van der Waals surface area (Å²) in [5, 5.41) is 8.87. The van der Waals surface area contributed by atoms with Gasteiger partial charge in [0.25, 0.3) is 0 Å². The van der Waals surface area contributed by atoms with Gasteiger partial charge in [-0.3, -0.25) is 0 Å². The van der Waals surface area contributed by atoms with E-state index in [0.29, 0.717) is 12.0 Å². The fourth-order valence-electron chi connectivity index (χ4n) is 1.45. The number of aromatic nitrogens is 1. The molecule has 1 aromatic heterocycles. The first-order valence-corrected chi connectivity index (χ1v) is 5.28. The molecule has 2 rings (SSSR count). The number of hydrogen-bond donors (Lipinski definition) is 2.